The SMILES string of the molecule is CCN(C)c1cnn(CCCC(C)=O)c(=O)c1. The molecule has 0 fully saturated rings. The zero-order valence-corrected chi connectivity index (χ0v) is 10.6. The van der Waals surface area contributed by atoms with E-state index in [2.05, 4.69) is 5.10 Å². The van der Waals surface area contributed by atoms with Gasteiger partial charge in [-0.05, 0) is 20.3 Å². The Bertz CT molecular complexity index is 440. The van der Waals surface area contributed by atoms with Crippen molar-refractivity contribution in [1.82, 2.24) is 9.78 Å². The molecule has 5 nitrogen and oxygen atoms in total. The van der Waals surface area contributed by atoms with Crippen molar-refractivity contribution in [3.8, 4) is 0 Å². The van der Waals surface area contributed by atoms with Crippen LogP contribution in [-0.2, 0) is 11.3 Å². The largest absolute Gasteiger partial charge is 0.373 e. The third-order valence-corrected chi connectivity index (χ3v) is 2.67. The summed E-state index contributed by atoms with van der Waals surface area (Å²) in [6.45, 7) is 4.89. The van der Waals surface area contributed by atoms with E-state index in [4.69, 9.17) is 0 Å². The second-order valence-corrected chi connectivity index (χ2v) is 4.09. The van der Waals surface area contributed by atoms with E-state index in [0.29, 0.717) is 19.4 Å². The van der Waals surface area contributed by atoms with Crippen LogP contribution in [0, 0.1) is 0 Å². The zero-order valence-electron chi connectivity index (χ0n) is 10.6. The van der Waals surface area contributed by atoms with E-state index in [-0.39, 0.29) is 11.3 Å². The molecule has 0 amide bonds. The first-order valence-corrected chi connectivity index (χ1v) is 5.82. The molecule has 0 aromatic carbocycles. The minimum atomic E-state index is -0.119. The molecule has 1 aromatic rings. The maximum Gasteiger partial charge on any atom is 0.268 e. The molecule has 0 aliphatic rings. The molecule has 0 radical (unpaired) electrons. The van der Waals surface area contributed by atoms with Gasteiger partial charge >= 0.3 is 0 Å². The van der Waals surface area contributed by atoms with Gasteiger partial charge in [0.1, 0.15) is 5.78 Å². The van der Waals surface area contributed by atoms with Gasteiger partial charge in [0.2, 0.25) is 0 Å². The maximum absolute atomic E-state index is 11.7. The minimum absolute atomic E-state index is 0.119. The molecule has 0 aliphatic carbocycles. The molecule has 0 spiro atoms. The Morgan fingerprint density at radius 1 is 1.53 bits per heavy atom. The van der Waals surface area contributed by atoms with Crippen LogP contribution in [-0.4, -0.2) is 29.2 Å². The predicted molar refractivity (Wildman–Crippen MR) is 67.4 cm³/mol. The molecule has 94 valence electrons. The first-order chi connectivity index (χ1) is 8.04. The van der Waals surface area contributed by atoms with Crippen LogP contribution in [0.15, 0.2) is 17.1 Å². The number of carbonyl (C=O) groups is 1. The molecule has 0 unspecified atom stereocenters. The topological polar surface area (TPSA) is 55.2 Å². The Kier molecular flexibility index (Phi) is 4.87. The lowest BCUT2D eigenvalue weighted by molar-refractivity contribution is -0.117. The molecule has 5 heteroatoms. The van der Waals surface area contributed by atoms with Crippen LogP contribution in [0.4, 0.5) is 5.69 Å². The first kappa shape index (κ1) is 13.4. The standard InChI is InChI=1S/C12H19N3O2/c1-4-14(3)11-8-12(17)15(13-9-11)7-5-6-10(2)16/h8-9H,4-7H2,1-3H3. The zero-order chi connectivity index (χ0) is 12.8. The van der Waals surface area contributed by atoms with Gasteiger partial charge in [0.15, 0.2) is 0 Å². The van der Waals surface area contributed by atoms with Crippen molar-refractivity contribution in [2.45, 2.75) is 33.2 Å². The summed E-state index contributed by atoms with van der Waals surface area (Å²) in [5.41, 5.74) is 0.701. The van der Waals surface area contributed by atoms with Crippen LogP contribution < -0.4 is 10.5 Å². The van der Waals surface area contributed by atoms with E-state index in [0.717, 1.165) is 12.2 Å². The van der Waals surface area contributed by atoms with Gasteiger partial charge in [-0.3, -0.25) is 4.79 Å². The number of nitrogens with zero attached hydrogens (tertiary/aromatic N) is 3. The minimum Gasteiger partial charge on any atom is -0.373 e. The van der Waals surface area contributed by atoms with Gasteiger partial charge in [-0.1, -0.05) is 0 Å². The summed E-state index contributed by atoms with van der Waals surface area (Å²) in [5, 5.41) is 4.10. The van der Waals surface area contributed by atoms with Crippen LogP contribution >= 0.6 is 0 Å². The van der Waals surface area contributed by atoms with Crippen molar-refractivity contribution in [3.05, 3.63) is 22.6 Å². The number of aryl methyl sites for hydroxylation is 1. The van der Waals surface area contributed by atoms with Crippen molar-refractivity contribution >= 4 is 11.5 Å². The molecular weight excluding hydrogens is 218 g/mol. The molecule has 0 N–H and O–H groups in total. The monoisotopic (exact) mass is 237 g/mol. The van der Waals surface area contributed by atoms with Crippen LogP contribution in [0.3, 0.4) is 0 Å². The fourth-order valence-corrected chi connectivity index (χ4v) is 1.46. The van der Waals surface area contributed by atoms with Crippen LogP contribution in [0.25, 0.3) is 0 Å². The highest BCUT2D eigenvalue weighted by Crippen LogP contribution is 2.05. The Morgan fingerprint density at radius 3 is 2.76 bits per heavy atom. The number of Topliss-reactive ketones (excluding diaryl/α,β-unsaturated/α-hetero) is 1. The van der Waals surface area contributed by atoms with E-state index in [9.17, 15) is 9.59 Å². The Balaban J connectivity index is 2.70. The molecule has 0 saturated heterocycles. The van der Waals surface area contributed by atoms with Crippen LogP contribution in [0.2, 0.25) is 0 Å². The molecule has 0 aliphatic heterocycles. The summed E-state index contributed by atoms with van der Waals surface area (Å²) in [4.78, 5) is 24.5. The second kappa shape index (κ2) is 6.18. The number of ketones is 1. The molecule has 1 rings (SSSR count). The fraction of sp³-hybridized carbons (Fsp3) is 0.583. The first-order valence-electron chi connectivity index (χ1n) is 5.82. The average Bonchev–Trinajstić information content (AvgIpc) is 2.29. The third kappa shape index (κ3) is 4.01. The number of aromatic nitrogens is 2. The maximum atomic E-state index is 11.7. The lowest BCUT2D eigenvalue weighted by Crippen LogP contribution is -2.25. The summed E-state index contributed by atoms with van der Waals surface area (Å²) in [5.74, 6) is 0.139. The predicted octanol–water partition coefficient (Wildman–Crippen LogP) is 1.07. The molecule has 0 bridgehead atoms. The van der Waals surface area contributed by atoms with Crippen molar-refractivity contribution in [2.75, 3.05) is 18.5 Å². The molecule has 0 atom stereocenters. The number of rotatable bonds is 6. The Labute approximate surface area is 101 Å². The van der Waals surface area contributed by atoms with Gasteiger partial charge in [-0.2, -0.15) is 5.10 Å². The summed E-state index contributed by atoms with van der Waals surface area (Å²) in [6.07, 6.45) is 2.83. The molecule has 1 aromatic heterocycles. The number of carbonyl (C=O) groups excluding carboxylic acids is 1. The molecule has 17 heavy (non-hydrogen) atoms. The summed E-state index contributed by atoms with van der Waals surface area (Å²) in [7, 11) is 1.91. The van der Waals surface area contributed by atoms with Gasteiger partial charge in [0, 0.05) is 32.6 Å². The van der Waals surface area contributed by atoms with E-state index >= 15 is 0 Å². The Hall–Kier alpha value is -1.65. The van der Waals surface area contributed by atoms with Gasteiger partial charge in [-0.25, -0.2) is 4.68 Å². The van der Waals surface area contributed by atoms with Gasteiger partial charge in [-0.15, -0.1) is 0 Å². The van der Waals surface area contributed by atoms with Gasteiger partial charge in [0.25, 0.3) is 5.56 Å². The van der Waals surface area contributed by atoms with E-state index in [1.807, 2.05) is 18.9 Å². The van der Waals surface area contributed by atoms with E-state index in [1.54, 1.807) is 19.2 Å². The summed E-state index contributed by atoms with van der Waals surface area (Å²) < 4.78 is 1.40. The number of anilines is 1. The lowest BCUT2D eigenvalue weighted by Gasteiger charge is -2.16. The molecular formula is C12H19N3O2. The lowest BCUT2D eigenvalue weighted by atomic mass is 10.2. The van der Waals surface area contributed by atoms with Crippen LogP contribution in [0.1, 0.15) is 26.7 Å². The van der Waals surface area contributed by atoms with Crippen molar-refractivity contribution in [1.29, 1.82) is 0 Å². The second-order valence-electron chi connectivity index (χ2n) is 4.09. The quantitative estimate of drug-likeness (QED) is 0.742. The highest BCUT2D eigenvalue weighted by atomic mass is 16.1. The van der Waals surface area contributed by atoms with Gasteiger partial charge in [0.05, 0.1) is 11.9 Å². The molecule has 1 heterocycles. The normalized spacial score (nSPS) is 10.3. The smallest absolute Gasteiger partial charge is 0.268 e. The highest BCUT2D eigenvalue weighted by Gasteiger charge is 2.03. The van der Waals surface area contributed by atoms with Crippen molar-refractivity contribution in [2.24, 2.45) is 0 Å². The number of hydrogen-bond donors (Lipinski definition) is 0. The van der Waals surface area contributed by atoms with Crippen molar-refractivity contribution in [3.63, 3.8) is 0 Å². The van der Waals surface area contributed by atoms with E-state index in [1.165, 1.54) is 4.68 Å². The summed E-state index contributed by atoms with van der Waals surface area (Å²) >= 11 is 0. The van der Waals surface area contributed by atoms with E-state index < -0.39 is 0 Å². The number of hydrogen-bond acceptors (Lipinski definition) is 4. The summed E-state index contributed by atoms with van der Waals surface area (Å²) in [6, 6.07) is 1.57. The van der Waals surface area contributed by atoms with Crippen LogP contribution in [0.5, 0.6) is 0 Å². The fourth-order valence-electron chi connectivity index (χ4n) is 1.46. The van der Waals surface area contributed by atoms with Gasteiger partial charge < -0.3 is 9.69 Å². The van der Waals surface area contributed by atoms with Crippen molar-refractivity contribution < 1.29 is 4.79 Å². The Morgan fingerprint density at radius 2 is 2.24 bits per heavy atom. The average molecular weight is 237 g/mol. The third-order valence-electron chi connectivity index (χ3n) is 2.67. The molecule has 0 saturated carbocycles. The highest BCUT2D eigenvalue weighted by molar-refractivity contribution is 5.75.